The van der Waals surface area contributed by atoms with E-state index in [1.807, 2.05) is 0 Å². The molecule has 0 aromatic heterocycles. The number of piperidine rings is 1. The largest absolute Gasteiger partial charge is 0.378 e. The van der Waals surface area contributed by atoms with Gasteiger partial charge in [0.05, 0.1) is 12.7 Å². The fourth-order valence-electron chi connectivity index (χ4n) is 6.01. The molecule has 0 amide bonds. The number of halogens is 1. The highest BCUT2D eigenvalue weighted by molar-refractivity contribution is 5.85. The van der Waals surface area contributed by atoms with Gasteiger partial charge in [0.1, 0.15) is 0 Å². The molecule has 180 valence electrons. The first-order valence-electron chi connectivity index (χ1n) is 12.8. The van der Waals surface area contributed by atoms with Crippen LogP contribution in [0.15, 0.2) is 91.0 Å². The third-order valence-corrected chi connectivity index (χ3v) is 7.82. The first-order valence-corrected chi connectivity index (χ1v) is 12.8. The quantitative estimate of drug-likeness (QED) is 0.344. The van der Waals surface area contributed by atoms with Crippen molar-refractivity contribution in [1.82, 2.24) is 4.90 Å². The Bertz CT molecular complexity index is 956. The molecule has 1 aliphatic heterocycles. The Kier molecular flexibility index (Phi) is 9.21. The SMILES string of the molecule is Cl.c1ccc(CCOC2CC(CN3CCC(c4ccccc4)CC3)C(c3ccccc3)C2)cc1. The molecule has 0 spiro atoms. The molecule has 1 aliphatic carbocycles. The van der Waals surface area contributed by atoms with Gasteiger partial charge in [0.2, 0.25) is 0 Å². The van der Waals surface area contributed by atoms with Crippen LogP contribution < -0.4 is 0 Å². The molecule has 1 saturated heterocycles. The number of likely N-dealkylation sites (tertiary alicyclic amines) is 1. The van der Waals surface area contributed by atoms with Crippen molar-refractivity contribution in [2.75, 3.05) is 26.2 Å². The third kappa shape index (κ3) is 6.50. The van der Waals surface area contributed by atoms with Crippen molar-refractivity contribution in [2.45, 2.75) is 50.0 Å². The Balaban J connectivity index is 0.00000274. The molecule has 3 aromatic rings. The zero-order chi connectivity index (χ0) is 22.3. The summed E-state index contributed by atoms with van der Waals surface area (Å²) in [6.07, 6.45) is 6.29. The topological polar surface area (TPSA) is 12.5 Å². The molecule has 0 radical (unpaired) electrons. The first-order chi connectivity index (χ1) is 16.3. The molecule has 34 heavy (non-hydrogen) atoms. The Morgan fingerprint density at radius 2 is 1.29 bits per heavy atom. The van der Waals surface area contributed by atoms with Gasteiger partial charge in [0, 0.05) is 6.54 Å². The van der Waals surface area contributed by atoms with E-state index in [4.69, 9.17) is 4.74 Å². The molecule has 3 heteroatoms. The summed E-state index contributed by atoms with van der Waals surface area (Å²) in [5.74, 6) is 2.02. The Morgan fingerprint density at radius 3 is 1.94 bits per heavy atom. The Labute approximate surface area is 211 Å². The molecular formula is C31H38ClNO. The molecule has 0 N–H and O–H groups in total. The van der Waals surface area contributed by atoms with Crippen LogP contribution in [0.5, 0.6) is 0 Å². The highest BCUT2D eigenvalue weighted by Crippen LogP contribution is 2.42. The molecule has 2 nitrogen and oxygen atoms in total. The van der Waals surface area contributed by atoms with Gasteiger partial charge < -0.3 is 9.64 Å². The predicted octanol–water partition coefficient (Wildman–Crippen LogP) is 7.11. The van der Waals surface area contributed by atoms with E-state index in [1.165, 1.54) is 55.6 Å². The van der Waals surface area contributed by atoms with Crippen LogP contribution in [-0.2, 0) is 11.2 Å². The van der Waals surface area contributed by atoms with Crippen molar-refractivity contribution < 1.29 is 4.74 Å². The highest BCUT2D eigenvalue weighted by atomic mass is 35.5. The van der Waals surface area contributed by atoms with Gasteiger partial charge in [-0.3, -0.25) is 0 Å². The summed E-state index contributed by atoms with van der Waals surface area (Å²) in [6.45, 7) is 4.47. The van der Waals surface area contributed by atoms with E-state index in [9.17, 15) is 0 Å². The molecule has 0 bridgehead atoms. The van der Waals surface area contributed by atoms with E-state index in [0.717, 1.165) is 25.4 Å². The molecule has 2 aliphatic rings. The second kappa shape index (κ2) is 12.5. The molecule has 1 heterocycles. The lowest BCUT2D eigenvalue weighted by molar-refractivity contribution is 0.0553. The van der Waals surface area contributed by atoms with E-state index in [2.05, 4.69) is 95.9 Å². The van der Waals surface area contributed by atoms with E-state index in [0.29, 0.717) is 17.9 Å². The number of hydrogen-bond acceptors (Lipinski definition) is 2. The summed E-state index contributed by atoms with van der Waals surface area (Å²) < 4.78 is 6.43. The first kappa shape index (κ1) is 25.0. The van der Waals surface area contributed by atoms with Gasteiger partial charge in [-0.1, -0.05) is 91.0 Å². The molecule has 3 unspecified atom stereocenters. The third-order valence-electron chi connectivity index (χ3n) is 7.82. The normalized spacial score (nSPS) is 23.5. The van der Waals surface area contributed by atoms with Gasteiger partial charge >= 0.3 is 0 Å². The molecule has 3 aromatic carbocycles. The van der Waals surface area contributed by atoms with Crippen LogP contribution in [0.4, 0.5) is 0 Å². The highest BCUT2D eigenvalue weighted by Gasteiger charge is 2.37. The van der Waals surface area contributed by atoms with Crippen molar-refractivity contribution in [3.8, 4) is 0 Å². The summed E-state index contributed by atoms with van der Waals surface area (Å²) >= 11 is 0. The van der Waals surface area contributed by atoms with Crippen LogP contribution >= 0.6 is 12.4 Å². The molecule has 1 saturated carbocycles. The van der Waals surface area contributed by atoms with Gasteiger partial charge in [0.25, 0.3) is 0 Å². The number of hydrogen-bond donors (Lipinski definition) is 0. The van der Waals surface area contributed by atoms with Crippen LogP contribution in [0.25, 0.3) is 0 Å². The average Bonchev–Trinajstić information content (AvgIpc) is 3.28. The zero-order valence-electron chi connectivity index (χ0n) is 20.1. The Morgan fingerprint density at radius 1 is 0.706 bits per heavy atom. The fourth-order valence-corrected chi connectivity index (χ4v) is 6.01. The van der Waals surface area contributed by atoms with Crippen LogP contribution in [0.3, 0.4) is 0 Å². The lowest BCUT2D eigenvalue weighted by atomic mass is 9.86. The molecule has 5 rings (SSSR count). The minimum atomic E-state index is 0. The number of nitrogens with zero attached hydrogens (tertiary/aromatic N) is 1. The van der Waals surface area contributed by atoms with E-state index < -0.39 is 0 Å². The van der Waals surface area contributed by atoms with Crippen LogP contribution in [0, 0.1) is 5.92 Å². The zero-order valence-corrected chi connectivity index (χ0v) is 20.9. The predicted molar refractivity (Wildman–Crippen MR) is 144 cm³/mol. The maximum Gasteiger partial charge on any atom is 0.0584 e. The summed E-state index contributed by atoms with van der Waals surface area (Å²) in [5, 5.41) is 0. The molecule has 2 fully saturated rings. The van der Waals surface area contributed by atoms with E-state index in [1.54, 1.807) is 0 Å². The second-order valence-electron chi connectivity index (χ2n) is 9.96. The van der Waals surface area contributed by atoms with Crippen molar-refractivity contribution >= 4 is 12.4 Å². The van der Waals surface area contributed by atoms with E-state index >= 15 is 0 Å². The summed E-state index contributed by atoms with van der Waals surface area (Å²) in [7, 11) is 0. The van der Waals surface area contributed by atoms with Crippen LogP contribution in [0.2, 0.25) is 0 Å². The minimum absolute atomic E-state index is 0. The maximum atomic E-state index is 6.43. The monoisotopic (exact) mass is 475 g/mol. The van der Waals surface area contributed by atoms with Gasteiger partial charge in [-0.25, -0.2) is 0 Å². The van der Waals surface area contributed by atoms with Crippen molar-refractivity contribution in [2.24, 2.45) is 5.92 Å². The van der Waals surface area contributed by atoms with Crippen LogP contribution in [0.1, 0.15) is 54.2 Å². The van der Waals surface area contributed by atoms with Crippen molar-refractivity contribution in [1.29, 1.82) is 0 Å². The van der Waals surface area contributed by atoms with E-state index in [-0.39, 0.29) is 12.4 Å². The second-order valence-corrected chi connectivity index (χ2v) is 9.96. The van der Waals surface area contributed by atoms with Gasteiger partial charge in [-0.15, -0.1) is 12.4 Å². The fraction of sp³-hybridized carbons (Fsp3) is 0.419. The van der Waals surface area contributed by atoms with Gasteiger partial charge in [-0.05, 0) is 79.6 Å². The molecular weight excluding hydrogens is 438 g/mol. The average molecular weight is 476 g/mol. The Hall–Kier alpha value is -2.13. The van der Waals surface area contributed by atoms with Gasteiger partial charge in [-0.2, -0.15) is 0 Å². The number of rotatable bonds is 8. The van der Waals surface area contributed by atoms with Crippen LogP contribution in [-0.4, -0.2) is 37.2 Å². The van der Waals surface area contributed by atoms with Crippen molar-refractivity contribution in [3.63, 3.8) is 0 Å². The van der Waals surface area contributed by atoms with Gasteiger partial charge in [0.15, 0.2) is 0 Å². The number of ether oxygens (including phenoxy) is 1. The maximum absolute atomic E-state index is 6.43. The summed E-state index contributed by atoms with van der Waals surface area (Å²) in [4.78, 5) is 2.73. The standard InChI is InChI=1S/C31H37NO.ClH/c1-4-10-25(11-5-1)18-21-33-30-22-29(31(23-30)28-14-8-3-9-15-28)24-32-19-16-27(17-20-32)26-12-6-2-7-13-26;/h1-15,27,29-31H,16-24H2;1H. The lowest BCUT2D eigenvalue weighted by Crippen LogP contribution is -2.37. The lowest BCUT2D eigenvalue weighted by Gasteiger charge is -2.35. The number of benzene rings is 3. The summed E-state index contributed by atoms with van der Waals surface area (Å²) in [6, 6.07) is 33.0. The smallest absolute Gasteiger partial charge is 0.0584 e. The summed E-state index contributed by atoms with van der Waals surface area (Å²) in [5.41, 5.74) is 4.39. The molecule has 3 atom stereocenters. The minimum Gasteiger partial charge on any atom is -0.378 e. The van der Waals surface area contributed by atoms with Crippen molar-refractivity contribution in [3.05, 3.63) is 108 Å².